The van der Waals surface area contributed by atoms with E-state index in [0.29, 0.717) is 11.6 Å². The Bertz CT molecular complexity index is 434. The maximum atomic E-state index is 12.5. The van der Waals surface area contributed by atoms with Crippen molar-refractivity contribution in [3.63, 3.8) is 0 Å². The van der Waals surface area contributed by atoms with Crippen LogP contribution >= 0.6 is 0 Å². The molecule has 2 aliphatic rings. The topological polar surface area (TPSA) is 32.3 Å². The van der Waals surface area contributed by atoms with E-state index >= 15 is 0 Å². The highest BCUT2D eigenvalue weighted by molar-refractivity contribution is 5.98. The minimum atomic E-state index is 0.0994. The Hall–Kier alpha value is -1.77. The number of hydrogen-bond donors (Lipinski definition) is 1. The molecule has 18 heavy (non-hydrogen) atoms. The van der Waals surface area contributed by atoms with Gasteiger partial charge in [-0.15, -0.1) is 0 Å². The maximum absolute atomic E-state index is 12.5. The molecule has 3 nitrogen and oxygen atoms in total. The van der Waals surface area contributed by atoms with Gasteiger partial charge in [0.1, 0.15) is 0 Å². The van der Waals surface area contributed by atoms with Crippen LogP contribution in [0.25, 0.3) is 0 Å². The molecule has 1 amide bonds. The summed E-state index contributed by atoms with van der Waals surface area (Å²) in [6.45, 7) is 10.4. The lowest BCUT2D eigenvalue weighted by molar-refractivity contribution is -0.127. The van der Waals surface area contributed by atoms with Gasteiger partial charge in [0.05, 0.1) is 11.6 Å². The van der Waals surface area contributed by atoms with Crippen LogP contribution in [-0.2, 0) is 4.79 Å². The van der Waals surface area contributed by atoms with Gasteiger partial charge in [-0.1, -0.05) is 25.3 Å². The van der Waals surface area contributed by atoms with Crippen LogP contribution in [0, 0.1) is 0 Å². The summed E-state index contributed by atoms with van der Waals surface area (Å²) < 4.78 is 0. The summed E-state index contributed by atoms with van der Waals surface area (Å²) in [4.78, 5) is 14.5. The van der Waals surface area contributed by atoms with Crippen molar-refractivity contribution < 1.29 is 4.79 Å². The quantitative estimate of drug-likeness (QED) is 0.755. The van der Waals surface area contributed by atoms with E-state index < -0.39 is 0 Å². The summed E-state index contributed by atoms with van der Waals surface area (Å²) in [5, 5.41) is 3.43. The molecule has 2 atom stereocenters. The molecule has 0 saturated carbocycles. The van der Waals surface area contributed by atoms with Gasteiger partial charge in [0, 0.05) is 18.3 Å². The van der Waals surface area contributed by atoms with E-state index in [4.69, 9.17) is 0 Å². The minimum absolute atomic E-state index is 0.0994. The Morgan fingerprint density at radius 2 is 2.06 bits per heavy atom. The normalized spacial score (nSPS) is 32.1. The van der Waals surface area contributed by atoms with Gasteiger partial charge in [0.2, 0.25) is 0 Å². The van der Waals surface area contributed by atoms with E-state index in [2.05, 4.69) is 25.4 Å². The van der Waals surface area contributed by atoms with Crippen LogP contribution < -0.4 is 5.32 Å². The zero-order chi connectivity index (χ0) is 13.1. The van der Waals surface area contributed by atoms with Crippen LogP contribution in [0.4, 0.5) is 0 Å². The molecule has 1 N–H and O–H groups in total. The van der Waals surface area contributed by atoms with E-state index in [1.807, 2.05) is 11.0 Å². The lowest BCUT2D eigenvalue weighted by Crippen LogP contribution is -2.43. The average molecular weight is 244 g/mol. The molecule has 0 aromatic carbocycles. The highest BCUT2D eigenvalue weighted by Crippen LogP contribution is 2.28. The molecule has 0 aromatic heterocycles. The number of allylic oxidation sites excluding steroid dienone is 4. The number of nitrogens with zero attached hydrogens (tertiary/aromatic N) is 1. The van der Waals surface area contributed by atoms with Crippen molar-refractivity contribution in [3.8, 4) is 0 Å². The van der Waals surface area contributed by atoms with Gasteiger partial charge in [-0.3, -0.25) is 4.79 Å². The number of hydrogen-bond acceptors (Lipinski definition) is 2. The lowest BCUT2D eigenvalue weighted by atomic mass is 10.1. The van der Waals surface area contributed by atoms with E-state index in [1.54, 1.807) is 18.2 Å². The Balaban J connectivity index is 2.44. The highest BCUT2D eigenvalue weighted by Gasteiger charge is 2.37. The molecule has 96 valence electrons. The van der Waals surface area contributed by atoms with Crippen LogP contribution in [0.3, 0.4) is 0 Å². The molecule has 2 rings (SSSR count). The number of amides is 1. The Kier molecular flexibility index (Phi) is 3.70. The number of fused-ring (bicyclic) bond motifs is 1. The zero-order valence-electron chi connectivity index (χ0n) is 10.9. The third-order valence-electron chi connectivity index (χ3n) is 3.61. The maximum Gasteiger partial charge on any atom is 0.256 e. The number of carbonyl (C=O) groups is 1. The fourth-order valence-electron chi connectivity index (χ4n) is 2.79. The van der Waals surface area contributed by atoms with Crippen molar-refractivity contribution in [3.05, 3.63) is 48.7 Å². The third-order valence-corrected chi connectivity index (χ3v) is 3.61. The summed E-state index contributed by atoms with van der Waals surface area (Å²) in [6, 6.07) is 0.555. The predicted molar refractivity (Wildman–Crippen MR) is 73.9 cm³/mol. The second-order valence-corrected chi connectivity index (χ2v) is 4.77. The molecule has 2 saturated heterocycles. The van der Waals surface area contributed by atoms with Gasteiger partial charge in [-0.05, 0) is 31.9 Å². The predicted octanol–water partition coefficient (Wildman–Crippen LogP) is 2.15. The number of carbonyl (C=O) groups excluding carboxylic acids is 1. The Morgan fingerprint density at radius 3 is 2.72 bits per heavy atom. The molecular formula is C15H20N2O. The fourth-order valence-corrected chi connectivity index (χ4v) is 2.79. The number of nitrogens with one attached hydrogen (secondary N) is 1. The fraction of sp³-hybridized carbons (Fsp3) is 0.400. The first-order valence-corrected chi connectivity index (χ1v) is 6.42. The molecule has 2 heterocycles. The summed E-state index contributed by atoms with van der Waals surface area (Å²) in [5.41, 5.74) is 1.53. The standard InChI is InChI=1S/C15H20N2O/c1-4-7-12-13(8-5-2)16-11(3)14-9-6-10-17(14)15(12)18/h4-5,7-8,11,14,16H,1-2,6,9-10H2,3H3/b12-7+,13-8+/t11?,14-/m0/s1. The van der Waals surface area contributed by atoms with Crippen LogP contribution in [0.2, 0.25) is 0 Å². The SMILES string of the molecule is C=C/C=C1/NC(C)[C@@H]2CCCN2C(=O)/C1=C/C=C. The molecule has 2 aliphatic heterocycles. The second kappa shape index (κ2) is 5.25. The molecule has 0 bridgehead atoms. The molecule has 0 aliphatic carbocycles. The number of rotatable bonds is 2. The average Bonchev–Trinajstić information content (AvgIpc) is 2.80. The first-order valence-electron chi connectivity index (χ1n) is 6.42. The van der Waals surface area contributed by atoms with Gasteiger partial charge < -0.3 is 10.2 Å². The summed E-state index contributed by atoms with van der Waals surface area (Å²) in [6.07, 6.45) is 9.15. The van der Waals surface area contributed by atoms with Crippen LogP contribution in [0.1, 0.15) is 19.8 Å². The van der Waals surface area contributed by atoms with E-state index in [-0.39, 0.29) is 11.9 Å². The summed E-state index contributed by atoms with van der Waals surface area (Å²) >= 11 is 0. The van der Waals surface area contributed by atoms with Crippen LogP contribution in [0.15, 0.2) is 48.7 Å². The molecule has 0 aromatic rings. The molecule has 2 fully saturated rings. The van der Waals surface area contributed by atoms with Gasteiger partial charge in [-0.25, -0.2) is 0 Å². The van der Waals surface area contributed by atoms with Crippen molar-refractivity contribution in [2.45, 2.75) is 31.8 Å². The third kappa shape index (κ3) is 2.13. The van der Waals surface area contributed by atoms with Gasteiger partial charge in [0.15, 0.2) is 0 Å². The lowest BCUT2D eigenvalue weighted by Gasteiger charge is -2.26. The van der Waals surface area contributed by atoms with Crippen molar-refractivity contribution in [2.24, 2.45) is 0 Å². The first-order chi connectivity index (χ1) is 8.69. The molecular weight excluding hydrogens is 224 g/mol. The van der Waals surface area contributed by atoms with E-state index in [1.165, 1.54) is 0 Å². The first kappa shape index (κ1) is 12.7. The van der Waals surface area contributed by atoms with Crippen LogP contribution in [0.5, 0.6) is 0 Å². The largest absolute Gasteiger partial charge is 0.380 e. The second-order valence-electron chi connectivity index (χ2n) is 4.77. The monoisotopic (exact) mass is 244 g/mol. The zero-order valence-corrected chi connectivity index (χ0v) is 10.9. The smallest absolute Gasteiger partial charge is 0.256 e. The molecule has 0 radical (unpaired) electrons. The Morgan fingerprint density at radius 1 is 1.33 bits per heavy atom. The summed E-state index contributed by atoms with van der Waals surface area (Å²) in [7, 11) is 0. The Labute approximate surface area is 109 Å². The van der Waals surface area contributed by atoms with Crippen molar-refractivity contribution in [1.29, 1.82) is 0 Å². The van der Waals surface area contributed by atoms with Crippen molar-refractivity contribution >= 4 is 5.91 Å². The summed E-state index contributed by atoms with van der Waals surface area (Å²) in [5.74, 6) is 0.0994. The van der Waals surface area contributed by atoms with E-state index in [0.717, 1.165) is 25.1 Å². The van der Waals surface area contributed by atoms with Crippen molar-refractivity contribution in [1.82, 2.24) is 10.2 Å². The molecule has 3 heteroatoms. The minimum Gasteiger partial charge on any atom is -0.380 e. The van der Waals surface area contributed by atoms with Gasteiger partial charge in [0.25, 0.3) is 5.91 Å². The van der Waals surface area contributed by atoms with Gasteiger partial charge >= 0.3 is 0 Å². The molecule has 1 unspecified atom stereocenters. The van der Waals surface area contributed by atoms with Gasteiger partial charge in [-0.2, -0.15) is 0 Å². The highest BCUT2D eigenvalue weighted by atomic mass is 16.2. The molecule has 0 spiro atoms. The van der Waals surface area contributed by atoms with E-state index in [9.17, 15) is 4.79 Å². The van der Waals surface area contributed by atoms with Crippen molar-refractivity contribution in [2.75, 3.05) is 6.54 Å². The van der Waals surface area contributed by atoms with Crippen LogP contribution in [-0.4, -0.2) is 29.4 Å².